The van der Waals surface area contributed by atoms with Crippen LogP contribution >= 0.6 is 0 Å². The zero-order valence-electron chi connectivity index (χ0n) is 10.6. The molecule has 7 heteroatoms. The average Bonchev–Trinajstić information content (AvgIpc) is 2.77. The predicted molar refractivity (Wildman–Crippen MR) is 67.2 cm³/mol. The Morgan fingerprint density at radius 2 is 1.95 bits per heavy atom. The zero-order chi connectivity index (χ0) is 14.0. The lowest BCUT2D eigenvalue weighted by Crippen LogP contribution is -2.30. The molecule has 1 aromatic rings. The smallest absolute Gasteiger partial charge is 0.243 e. The van der Waals surface area contributed by atoms with Crippen molar-refractivity contribution in [2.24, 2.45) is 5.92 Å². The Morgan fingerprint density at radius 1 is 1.32 bits per heavy atom. The minimum atomic E-state index is -3.81. The molecule has 1 saturated heterocycles. The molecule has 0 amide bonds. The molecule has 106 valence electrons. The summed E-state index contributed by atoms with van der Waals surface area (Å²) in [5.41, 5.74) is 0. The van der Waals surface area contributed by atoms with Gasteiger partial charge in [0.1, 0.15) is 11.6 Å². The molecule has 1 heterocycles. The highest BCUT2D eigenvalue weighted by Crippen LogP contribution is 2.25. The molecule has 2 rings (SSSR count). The molecule has 0 saturated carbocycles. The molecule has 0 unspecified atom stereocenters. The number of sulfonamides is 1. The standard InChI is InChI=1S/C12H16F2N2O2S/c1-15-7-9-2-3-16(8-9)19(17,18)12-5-10(13)4-11(14)6-12/h4-6,9,15H,2-3,7-8H2,1H3/t9-/m1/s1. The molecular weight excluding hydrogens is 274 g/mol. The molecule has 1 N–H and O–H groups in total. The molecule has 1 aliphatic rings. The van der Waals surface area contributed by atoms with Crippen molar-refractivity contribution < 1.29 is 17.2 Å². The maximum Gasteiger partial charge on any atom is 0.243 e. The van der Waals surface area contributed by atoms with Gasteiger partial charge >= 0.3 is 0 Å². The van der Waals surface area contributed by atoms with Gasteiger partial charge in [-0.3, -0.25) is 0 Å². The highest BCUT2D eigenvalue weighted by atomic mass is 32.2. The van der Waals surface area contributed by atoms with Gasteiger partial charge in [0.25, 0.3) is 0 Å². The fraction of sp³-hybridized carbons (Fsp3) is 0.500. The maximum atomic E-state index is 13.1. The van der Waals surface area contributed by atoms with Crippen molar-refractivity contribution in [3.05, 3.63) is 29.8 Å². The van der Waals surface area contributed by atoms with Crippen molar-refractivity contribution in [1.82, 2.24) is 9.62 Å². The van der Waals surface area contributed by atoms with Gasteiger partial charge in [-0.2, -0.15) is 4.31 Å². The first-order valence-electron chi connectivity index (χ1n) is 6.04. The van der Waals surface area contributed by atoms with Gasteiger partial charge in [-0.15, -0.1) is 0 Å². The summed E-state index contributed by atoms with van der Waals surface area (Å²) in [7, 11) is -2.00. The second kappa shape index (κ2) is 5.52. The molecule has 1 atom stereocenters. The first kappa shape index (κ1) is 14.4. The lowest BCUT2D eigenvalue weighted by molar-refractivity contribution is 0.449. The molecule has 0 aliphatic carbocycles. The number of halogens is 2. The van der Waals surface area contributed by atoms with Gasteiger partial charge in [0.15, 0.2) is 0 Å². The van der Waals surface area contributed by atoms with Crippen molar-refractivity contribution in [2.45, 2.75) is 11.3 Å². The summed E-state index contributed by atoms with van der Waals surface area (Å²) >= 11 is 0. The SMILES string of the molecule is CNC[C@H]1CCN(S(=O)(=O)c2cc(F)cc(F)c2)C1. The van der Waals surface area contributed by atoms with E-state index in [-0.39, 0.29) is 10.8 Å². The summed E-state index contributed by atoms with van der Waals surface area (Å²) in [5, 5.41) is 3.00. The van der Waals surface area contributed by atoms with E-state index in [0.717, 1.165) is 25.1 Å². The quantitative estimate of drug-likeness (QED) is 0.906. The van der Waals surface area contributed by atoms with Gasteiger partial charge in [0, 0.05) is 19.2 Å². The lowest BCUT2D eigenvalue weighted by Gasteiger charge is -2.16. The van der Waals surface area contributed by atoms with Crippen molar-refractivity contribution in [1.29, 1.82) is 0 Å². The molecular formula is C12H16F2N2O2S. The highest BCUT2D eigenvalue weighted by Gasteiger charge is 2.32. The summed E-state index contributed by atoms with van der Waals surface area (Å²) in [5.74, 6) is -1.53. The third-order valence-corrected chi connectivity index (χ3v) is 5.06. The van der Waals surface area contributed by atoms with Crippen LogP contribution in [0.2, 0.25) is 0 Å². The Labute approximate surface area is 111 Å². The average molecular weight is 290 g/mol. The Morgan fingerprint density at radius 3 is 2.53 bits per heavy atom. The van der Waals surface area contributed by atoms with E-state index in [4.69, 9.17) is 0 Å². The maximum absolute atomic E-state index is 13.1. The molecule has 4 nitrogen and oxygen atoms in total. The minimum Gasteiger partial charge on any atom is -0.319 e. The van der Waals surface area contributed by atoms with Crippen LogP contribution in [0.4, 0.5) is 8.78 Å². The Bertz CT molecular complexity index is 543. The molecule has 1 aromatic carbocycles. The second-order valence-electron chi connectivity index (χ2n) is 4.68. The van der Waals surface area contributed by atoms with E-state index in [1.165, 1.54) is 4.31 Å². The number of rotatable bonds is 4. The molecule has 19 heavy (non-hydrogen) atoms. The second-order valence-corrected chi connectivity index (χ2v) is 6.62. The molecule has 1 fully saturated rings. The topological polar surface area (TPSA) is 49.4 Å². The number of benzene rings is 1. The molecule has 0 radical (unpaired) electrons. The largest absolute Gasteiger partial charge is 0.319 e. The van der Waals surface area contributed by atoms with Crippen molar-refractivity contribution in [3.63, 3.8) is 0 Å². The van der Waals surface area contributed by atoms with Crippen molar-refractivity contribution in [3.8, 4) is 0 Å². The number of nitrogens with one attached hydrogen (secondary N) is 1. The summed E-state index contributed by atoms with van der Waals surface area (Å²) in [6.45, 7) is 1.48. The molecule has 0 aromatic heterocycles. The van der Waals surface area contributed by atoms with Crippen molar-refractivity contribution in [2.75, 3.05) is 26.7 Å². The fourth-order valence-electron chi connectivity index (χ4n) is 2.30. The predicted octanol–water partition coefficient (Wildman–Crippen LogP) is 1.19. The summed E-state index contributed by atoms with van der Waals surface area (Å²) in [6.07, 6.45) is 0.748. The van der Waals surface area contributed by atoms with E-state index in [9.17, 15) is 17.2 Å². The van der Waals surface area contributed by atoms with Crippen LogP contribution in [-0.4, -0.2) is 39.4 Å². The number of hydrogen-bond donors (Lipinski definition) is 1. The van der Waals surface area contributed by atoms with Crippen LogP contribution in [-0.2, 0) is 10.0 Å². The normalized spacial score (nSPS) is 20.9. The van der Waals surface area contributed by atoms with Crippen LogP contribution in [0, 0.1) is 17.6 Å². The third kappa shape index (κ3) is 3.10. The Balaban J connectivity index is 2.23. The summed E-state index contributed by atoms with van der Waals surface area (Å²) < 4.78 is 52.0. The number of nitrogens with zero attached hydrogens (tertiary/aromatic N) is 1. The van der Waals surface area contributed by atoms with Crippen LogP contribution in [0.3, 0.4) is 0 Å². The summed E-state index contributed by atoms with van der Waals surface area (Å²) in [6, 6.07) is 2.36. The van der Waals surface area contributed by atoms with Crippen LogP contribution in [0.1, 0.15) is 6.42 Å². The van der Waals surface area contributed by atoms with Gasteiger partial charge in [-0.1, -0.05) is 0 Å². The van der Waals surface area contributed by atoms with Crippen LogP contribution in [0.25, 0.3) is 0 Å². The van der Waals surface area contributed by atoms with Gasteiger partial charge in [0.2, 0.25) is 10.0 Å². The van der Waals surface area contributed by atoms with Crippen LogP contribution in [0.15, 0.2) is 23.1 Å². The van der Waals surface area contributed by atoms with E-state index in [2.05, 4.69) is 5.32 Å². The van der Waals surface area contributed by atoms with Crippen LogP contribution < -0.4 is 5.32 Å². The Kier molecular flexibility index (Phi) is 4.17. The lowest BCUT2D eigenvalue weighted by atomic mass is 10.1. The van der Waals surface area contributed by atoms with Gasteiger partial charge in [-0.25, -0.2) is 17.2 Å². The molecule has 0 spiro atoms. The summed E-state index contributed by atoms with van der Waals surface area (Å²) in [4.78, 5) is -0.324. The first-order chi connectivity index (χ1) is 8.93. The molecule has 0 bridgehead atoms. The number of hydrogen-bond acceptors (Lipinski definition) is 3. The Hall–Kier alpha value is -1.05. The van der Waals surface area contributed by atoms with Gasteiger partial charge in [0.05, 0.1) is 4.90 Å². The zero-order valence-corrected chi connectivity index (χ0v) is 11.4. The fourth-order valence-corrected chi connectivity index (χ4v) is 3.87. The van der Waals surface area contributed by atoms with Gasteiger partial charge in [-0.05, 0) is 38.1 Å². The minimum absolute atomic E-state index is 0.234. The third-order valence-electron chi connectivity index (χ3n) is 3.22. The van der Waals surface area contributed by atoms with Gasteiger partial charge < -0.3 is 5.32 Å². The van der Waals surface area contributed by atoms with E-state index < -0.39 is 21.7 Å². The van der Waals surface area contributed by atoms with E-state index in [1.807, 2.05) is 0 Å². The molecule has 1 aliphatic heterocycles. The highest BCUT2D eigenvalue weighted by molar-refractivity contribution is 7.89. The van der Waals surface area contributed by atoms with Crippen LogP contribution in [0.5, 0.6) is 0 Å². The van der Waals surface area contributed by atoms with E-state index in [0.29, 0.717) is 19.2 Å². The van der Waals surface area contributed by atoms with Crippen molar-refractivity contribution >= 4 is 10.0 Å². The first-order valence-corrected chi connectivity index (χ1v) is 7.48. The monoisotopic (exact) mass is 290 g/mol. The van der Waals surface area contributed by atoms with E-state index >= 15 is 0 Å². The van der Waals surface area contributed by atoms with E-state index in [1.54, 1.807) is 7.05 Å².